The lowest BCUT2D eigenvalue weighted by Gasteiger charge is -2.22. The van der Waals surface area contributed by atoms with E-state index in [-0.39, 0.29) is 24.0 Å². The topological polar surface area (TPSA) is 27.6 Å². The Labute approximate surface area is 143 Å². The fraction of sp³-hybridized carbons (Fsp3) is 0.533. The number of fused-ring (bicyclic) bond motifs is 1. The minimum Gasteiger partial charge on any atom is -0.356 e. The highest BCUT2D eigenvalue weighted by molar-refractivity contribution is 14.0. The van der Waals surface area contributed by atoms with Gasteiger partial charge >= 0.3 is 0 Å². The lowest BCUT2D eigenvalue weighted by Crippen LogP contribution is -2.40. The van der Waals surface area contributed by atoms with Crippen molar-refractivity contribution in [3.05, 3.63) is 29.8 Å². The molecule has 0 saturated carbocycles. The minimum atomic E-state index is 0. The molecular weight excluding hydrogens is 381 g/mol. The van der Waals surface area contributed by atoms with E-state index < -0.39 is 0 Å². The highest BCUT2D eigenvalue weighted by Crippen LogP contribution is 2.27. The van der Waals surface area contributed by atoms with Crippen LogP contribution >= 0.6 is 35.7 Å². The second-order valence-corrected chi connectivity index (χ2v) is 5.69. The van der Waals surface area contributed by atoms with Gasteiger partial charge in [0.1, 0.15) is 0 Å². The second kappa shape index (κ2) is 9.50. The zero-order chi connectivity index (χ0) is 13.5. The van der Waals surface area contributed by atoms with Gasteiger partial charge < -0.3 is 10.2 Å². The molecule has 0 radical (unpaired) electrons. The van der Waals surface area contributed by atoms with E-state index in [1.165, 1.54) is 29.8 Å². The van der Waals surface area contributed by atoms with Gasteiger partial charge in [-0.05, 0) is 42.9 Å². The Balaban J connectivity index is 0.00000200. The Kier molecular flexibility index (Phi) is 8.37. The van der Waals surface area contributed by atoms with Crippen molar-refractivity contribution in [1.29, 1.82) is 0 Å². The van der Waals surface area contributed by atoms with Gasteiger partial charge in [-0.3, -0.25) is 4.99 Å². The van der Waals surface area contributed by atoms with E-state index in [0.717, 1.165) is 25.5 Å². The molecule has 0 saturated heterocycles. The van der Waals surface area contributed by atoms with E-state index in [9.17, 15) is 0 Å². The first-order chi connectivity index (χ1) is 9.36. The number of unbranched alkanes of at least 4 members (excludes halogenated alkanes) is 1. The Morgan fingerprint density at radius 1 is 1.35 bits per heavy atom. The smallest absolute Gasteiger partial charge is 0.198 e. The fourth-order valence-corrected chi connectivity index (χ4v) is 2.92. The first-order valence-electron chi connectivity index (χ1n) is 6.92. The molecule has 5 heteroatoms. The molecule has 0 aliphatic carbocycles. The van der Waals surface area contributed by atoms with Crippen LogP contribution in [-0.2, 0) is 6.42 Å². The van der Waals surface area contributed by atoms with Crippen LogP contribution in [0.3, 0.4) is 0 Å². The quantitative estimate of drug-likeness (QED) is 0.352. The monoisotopic (exact) mass is 405 g/mol. The molecule has 1 aromatic carbocycles. The summed E-state index contributed by atoms with van der Waals surface area (Å²) in [6.07, 6.45) is 5.74. The van der Waals surface area contributed by atoms with Gasteiger partial charge in [0.25, 0.3) is 0 Å². The van der Waals surface area contributed by atoms with Crippen LogP contribution in [0, 0.1) is 0 Å². The number of rotatable bonds is 5. The first-order valence-corrected chi connectivity index (χ1v) is 8.31. The molecule has 112 valence electrons. The Morgan fingerprint density at radius 3 is 2.90 bits per heavy atom. The molecule has 1 aliphatic heterocycles. The number of anilines is 1. The van der Waals surface area contributed by atoms with E-state index in [4.69, 9.17) is 0 Å². The number of thioether (sulfide) groups is 1. The Hall–Kier alpha value is -0.430. The number of aliphatic imine (C=N–C) groups is 1. The molecule has 3 nitrogen and oxygen atoms in total. The minimum absolute atomic E-state index is 0. The van der Waals surface area contributed by atoms with Crippen LogP contribution in [0.4, 0.5) is 5.69 Å². The molecule has 2 rings (SSSR count). The summed E-state index contributed by atoms with van der Waals surface area (Å²) in [7, 11) is 1.87. The van der Waals surface area contributed by atoms with Crippen LogP contribution in [0.25, 0.3) is 0 Å². The number of hydrogen-bond donors (Lipinski definition) is 1. The molecule has 1 heterocycles. The molecule has 1 aliphatic rings. The highest BCUT2D eigenvalue weighted by Gasteiger charge is 2.21. The standard InChI is InChI=1S/C15H23N3S.HI/c1-16-15(17-10-5-6-12-19-2)18-11-9-13-7-3-4-8-14(13)18;/h3-4,7-8H,5-6,9-12H2,1-2H3,(H,16,17);1H. The molecule has 1 aromatic rings. The van der Waals surface area contributed by atoms with Crippen molar-refractivity contribution < 1.29 is 0 Å². The first kappa shape index (κ1) is 17.6. The van der Waals surface area contributed by atoms with Crippen LogP contribution in [0.2, 0.25) is 0 Å². The highest BCUT2D eigenvalue weighted by atomic mass is 127. The Morgan fingerprint density at radius 2 is 2.15 bits per heavy atom. The number of para-hydroxylation sites is 1. The van der Waals surface area contributed by atoms with Crippen molar-refractivity contribution >= 4 is 47.4 Å². The van der Waals surface area contributed by atoms with Crippen LogP contribution in [-0.4, -0.2) is 38.1 Å². The van der Waals surface area contributed by atoms with Crippen molar-refractivity contribution in [3.8, 4) is 0 Å². The summed E-state index contributed by atoms with van der Waals surface area (Å²) in [6.45, 7) is 2.04. The molecule has 0 spiro atoms. The van der Waals surface area contributed by atoms with Gasteiger partial charge in [-0.2, -0.15) is 11.8 Å². The lowest BCUT2D eigenvalue weighted by molar-refractivity contribution is 0.749. The van der Waals surface area contributed by atoms with Crippen LogP contribution < -0.4 is 10.2 Å². The van der Waals surface area contributed by atoms with Crippen molar-refractivity contribution in [2.24, 2.45) is 4.99 Å². The van der Waals surface area contributed by atoms with Gasteiger partial charge in [-0.15, -0.1) is 24.0 Å². The number of benzene rings is 1. The van der Waals surface area contributed by atoms with Gasteiger partial charge in [0.05, 0.1) is 0 Å². The zero-order valence-corrected chi connectivity index (χ0v) is 15.4. The summed E-state index contributed by atoms with van der Waals surface area (Å²) in [5.41, 5.74) is 2.73. The number of guanidine groups is 1. The Bertz CT molecular complexity index is 437. The van der Waals surface area contributed by atoms with Gasteiger partial charge in [0.2, 0.25) is 0 Å². The predicted octanol–water partition coefficient (Wildman–Crippen LogP) is 3.39. The number of nitrogens with one attached hydrogen (secondary N) is 1. The zero-order valence-electron chi connectivity index (χ0n) is 12.3. The van der Waals surface area contributed by atoms with Crippen LogP contribution in [0.15, 0.2) is 29.3 Å². The largest absolute Gasteiger partial charge is 0.356 e. The molecule has 0 amide bonds. The molecular formula is C15H24IN3S. The van der Waals surface area contributed by atoms with Crippen LogP contribution in [0.5, 0.6) is 0 Å². The van der Waals surface area contributed by atoms with E-state index in [1.807, 2.05) is 18.8 Å². The van der Waals surface area contributed by atoms with E-state index >= 15 is 0 Å². The molecule has 20 heavy (non-hydrogen) atoms. The van der Waals surface area contributed by atoms with Crippen molar-refractivity contribution in [3.63, 3.8) is 0 Å². The average molecular weight is 405 g/mol. The molecule has 0 unspecified atom stereocenters. The third-order valence-corrected chi connectivity index (χ3v) is 4.11. The fourth-order valence-electron chi connectivity index (χ4n) is 2.43. The predicted molar refractivity (Wildman–Crippen MR) is 102 cm³/mol. The summed E-state index contributed by atoms with van der Waals surface area (Å²) in [4.78, 5) is 6.71. The summed E-state index contributed by atoms with van der Waals surface area (Å²) in [6, 6.07) is 8.61. The number of nitrogens with zero attached hydrogens (tertiary/aromatic N) is 2. The second-order valence-electron chi connectivity index (χ2n) is 4.70. The van der Waals surface area contributed by atoms with Gasteiger partial charge in [-0.25, -0.2) is 0 Å². The van der Waals surface area contributed by atoms with Crippen molar-refractivity contribution in [1.82, 2.24) is 5.32 Å². The van der Waals surface area contributed by atoms with E-state index in [2.05, 4.69) is 45.7 Å². The maximum Gasteiger partial charge on any atom is 0.198 e. The van der Waals surface area contributed by atoms with E-state index in [1.54, 1.807) is 0 Å². The SMILES string of the molecule is CN=C(NCCCCSC)N1CCc2ccccc21.I. The summed E-state index contributed by atoms with van der Waals surface area (Å²) in [5.74, 6) is 2.25. The number of halogens is 1. The van der Waals surface area contributed by atoms with Crippen molar-refractivity contribution in [2.75, 3.05) is 37.0 Å². The van der Waals surface area contributed by atoms with Crippen molar-refractivity contribution in [2.45, 2.75) is 19.3 Å². The lowest BCUT2D eigenvalue weighted by atomic mass is 10.2. The van der Waals surface area contributed by atoms with Gasteiger partial charge in [-0.1, -0.05) is 18.2 Å². The third kappa shape index (κ3) is 4.55. The summed E-state index contributed by atoms with van der Waals surface area (Å²) in [5, 5.41) is 3.48. The van der Waals surface area contributed by atoms with Gasteiger partial charge in [0.15, 0.2) is 5.96 Å². The normalized spacial score (nSPS) is 13.9. The molecule has 0 aromatic heterocycles. The maximum atomic E-state index is 4.41. The number of hydrogen-bond acceptors (Lipinski definition) is 2. The summed E-state index contributed by atoms with van der Waals surface area (Å²) < 4.78 is 0. The molecule has 0 fully saturated rings. The van der Waals surface area contributed by atoms with E-state index in [0.29, 0.717) is 0 Å². The average Bonchev–Trinajstić information content (AvgIpc) is 2.87. The maximum absolute atomic E-state index is 4.41. The van der Waals surface area contributed by atoms with Gasteiger partial charge in [0, 0.05) is 25.8 Å². The summed E-state index contributed by atoms with van der Waals surface area (Å²) >= 11 is 1.91. The molecule has 0 bridgehead atoms. The molecule has 1 N–H and O–H groups in total. The molecule has 0 atom stereocenters. The third-order valence-electron chi connectivity index (χ3n) is 3.41. The van der Waals surface area contributed by atoms with Crippen LogP contribution in [0.1, 0.15) is 18.4 Å².